The molecule has 0 unspecified atom stereocenters. The quantitative estimate of drug-likeness (QED) is 0.558. The summed E-state index contributed by atoms with van der Waals surface area (Å²) in [5.74, 6) is -0.678. The van der Waals surface area contributed by atoms with Gasteiger partial charge in [-0.3, -0.25) is 4.79 Å². The Kier molecular flexibility index (Phi) is 6.05. The number of nitrogen functional groups attached to an aromatic ring is 1. The minimum atomic E-state index is -1.11. The molecule has 1 aromatic heterocycles. The van der Waals surface area contributed by atoms with E-state index < -0.39 is 29.4 Å². The van der Waals surface area contributed by atoms with Crippen LogP contribution in [0.1, 0.15) is 37.9 Å². The van der Waals surface area contributed by atoms with Crippen LogP contribution in [0.15, 0.2) is 48.7 Å². The van der Waals surface area contributed by atoms with Crippen molar-refractivity contribution in [2.75, 3.05) is 12.3 Å². The van der Waals surface area contributed by atoms with Crippen LogP contribution in [0.2, 0.25) is 0 Å². The number of nitrogens with two attached hydrogens (primary N) is 1. The molecular formula is C22H26N4O4. The average molecular weight is 410 g/mol. The van der Waals surface area contributed by atoms with Crippen molar-refractivity contribution < 1.29 is 19.1 Å². The Morgan fingerprint density at radius 2 is 1.97 bits per heavy atom. The third-order valence-corrected chi connectivity index (χ3v) is 5.36. The van der Waals surface area contributed by atoms with E-state index in [-0.39, 0.29) is 19.1 Å². The van der Waals surface area contributed by atoms with Crippen LogP contribution in [0.3, 0.4) is 0 Å². The topological polar surface area (TPSA) is 115 Å². The molecule has 158 valence electrons. The Labute approximate surface area is 175 Å². The number of nitrogens with one attached hydrogen (secondary N) is 1. The molecule has 0 aliphatic carbocycles. The van der Waals surface area contributed by atoms with Crippen LogP contribution in [0.5, 0.6) is 0 Å². The zero-order chi connectivity index (χ0) is 21.9. The Morgan fingerprint density at radius 1 is 1.27 bits per heavy atom. The molecule has 1 aromatic carbocycles. The lowest BCUT2D eigenvalue weighted by Gasteiger charge is -2.51. The number of aromatic nitrogens is 1. The number of likely N-dealkylation sites (tertiary alicyclic amines) is 1. The first-order valence-electron chi connectivity index (χ1n) is 9.84. The number of pyridine rings is 1. The lowest BCUT2D eigenvalue weighted by molar-refractivity contribution is -0.179. The first-order chi connectivity index (χ1) is 14.3. The summed E-state index contributed by atoms with van der Waals surface area (Å²) in [6, 6.07) is 10.8. The summed E-state index contributed by atoms with van der Waals surface area (Å²) < 4.78 is 5.17. The van der Waals surface area contributed by atoms with Crippen molar-refractivity contribution in [3.63, 3.8) is 0 Å². The third-order valence-electron chi connectivity index (χ3n) is 5.36. The van der Waals surface area contributed by atoms with Gasteiger partial charge in [0.1, 0.15) is 5.82 Å². The molecule has 0 bridgehead atoms. The second kappa shape index (κ2) is 8.52. The maximum Gasteiger partial charge on any atom is 0.330 e. The maximum atomic E-state index is 13.0. The maximum absolute atomic E-state index is 13.0. The predicted molar refractivity (Wildman–Crippen MR) is 111 cm³/mol. The normalized spacial score (nSPS) is 21.5. The highest BCUT2D eigenvalue weighted by molar-refractivity contribution is 6.10. The first kappa shape index (κ1) is 21.3. The van der Waals surface area contributed by atoms with Gasteiger partial charge in [0.05, 0.1) is 18.1 Å². The van der Waals surface area contributed by atoms with Gasteiger partial charge >= 0.3 is 12.0 Å². The number of imide groups is 1. The molecule has 1 saturated heterocycles. The zero-order valence-electron chi connectivity index (χ0n) is 17.3. The van der Waals surface area contributed by atoms with Gasteiger partial charge in [0.15, 0.2) is 6.04 Å². The van der Waals surface area contributed by atoms with Crippen LogP contribution in [-0.2, 0) is 20.7 Å². The first-order valence-corrected chi connectivity index (χ1v) is 9.84. The van der Waals surface area contributed by atoms with E-state index >= 15 is 0 Å². The summed E-state index contributed by atoms with van der Waals surface area (Å²) in [6.45, 7) is 5.31. The highest BCUT2D eigenvalue weighted by Gasteiger charge is 2.64. The second-order valence-electron chi connectivity index (χ2n) is 7.60. The van der Waals surface area contributed by atoms with E-state index in [9.17, 15) is 14.4 Å². The fourth-order valence-electron chi connectivity index (χ4n) is 3.74. The van der Waals surface area contributed by atoms with Gasteiger partial charge < -0.3 is 15.8 Å². The number of benzene rings is 1. The summed E-state index contributed by atoms with van der Waals surface area (Å²) in [5, 5.41) is 2.79. The minimum absolute atomic E-state index is 0.152. The van der Waals surface area contributed by atoms with Crippen molar-refractivity contribution in [3.8, 4) is 0 Å². The number of anilines is 1. The summed E-state index contributed by atoms with van der Waals surface area (Å²) in [4.78, 5) is 43.6. The molecule has 2 heterocycles. The van der Waals surface area contributed by atoms with Gasteiger partial charge in [-0.2, -0.15) is 0 Å². The number of urea groups is 1. The van der Waals surface area contributed by atoms with Crippen LogP contribution in [0.4, 0.5) is 10.6 Å². The largest absolute Gasteiger partial charge is 0.464 e. The van der Waals surface area contributed by atoms with Crippen molar-refractivity contribution in [1.82, 2.24) is 15.2 Å². The van der Waals surface area contributed by atoms with Crippen LogP contribution in [0.25, 0.3) is 0 Å². The highest BCUT2D eigenvalue weighted by Crippen LogP contribution is 2.43. The Hall–Kier alpha value is -3.42. The zero-order valence-corrected chi connectivity index (χ0v) is 17.3. The van der Waals surface area contributed by atoms with E-state index in [0.717, 1.165) is 16.0 Å². The molecule has 8 nitrogen and oxygen atoms in total. The van der Waals surface area contributed by atoms with Gasteiger partial charge in [-0.05, 0) is 44.4 Å². The molecule has 3 rings (SSSR count). The van der Waals surface area contributed by atoms with Crippen LogP contribution in [-0.4, -0.2) is 40.4 Å². The number of carbonyl (C=O) groups is 3. The highest BCUT2D eigenvalue weighted by atomic mass is 16.5. The molecule has 0 saturated carbocycles. The van der Waals surface area contributed by atoms with Gasteiger partial charge in [-0.1, -0.05) is 36.4 Å². The minimum Gasteiger partial charge on any atom is -0.464 e. The van der Waals surface area contributed by atoms with Gasteiger partial charge in [0.25, 0.3) is 0 Å². The molecule has 3 amide bonds. The smallest absolute Gasteiger partial charge is 0.330 e. The number of β-lactam (4-membered cyclic amide) rings is 1. The van der Waals surface area contributed by atoms with E-state index in [4.69, 9.17) is 10.5 Å². The van der Waals surface area contributed by atoms with E-state index in [1.165, 1.54) is 0 Å². The molecule has 1 fully saturated rings. The van der Waals surface area contributed by atoms with Crippen LogP contribution < -0.4 is 11.1 Å². The van der Waals surface area contributed by atoms with Gasteiger partial charge in [-0.15, -0.1) is 0 Å². The molecule has 1 aliphatic heterocycles. The number of hydrogen-bond acceptors (Lipinski definition) is 6. The van der Waals surface area contributed by atoms with E-state index in [1.807, 2.05) is 37.3 Å². The molecule has 2 aromatic rings. The Bertz CT molecular complexity index is 932. The number of esters is 1. The lowest BCUT2D eigenvalue weighted by Crippen LogP contribution is -2.74. The Balaban J connectivity index is 1.81. The number of rotatable bonds is 6. The summed E-state index contributed by atoms with van der Waals surface area (Å²) in [6.07, 6.45) is 1.80. The molecule has 30 heavy (non-hydrogen) atoms. The standard InChI is InChI=1S/C22H26N4O4/c1-4-30-19(27)18-22(3,12-15-10-11-17(23)24-13-15)20(28)26(18)21(29)25-14(2)16-8-6-5-7-9-16/h5-11,13-14,18H,4,12H2,1-3H3,(H2,23,24)(H,25,29)/t14-,18-,22-/m1/s1. The number of nitrogens with zero attached hydrogens (tertiary/aromatic N) is 2. The van der Waals surface area contributed by atoms with Crippen molar-refractivity contribution in [3.05, 3.63) is 59.8 Å². The summed E-state index contributed by atoms with van der Waals surface area (Å²) in [5.41, 5.74) is 6.14. The number of hydrogen-bond donors (Lipinski definition) is 2. The molecule has 3 atom stereocenters. The van der Waals surface area contributed by atoms with E-state index in [2.05, 4.69) is 10.3 Å². The number of ether oxygens (including phenoxy) is 1. The van der Waals surface area contributed by atoms with E-state index in [1.54, 1.807) is 32.2 Å². The molecule has 0 radical (unpaired) electrons. The van der Waals surface area contributed by atoms with Crippen molar-refractivity contribution >= 4 is 23.7 Å². The fraction of sp³-hybridized carbons (Fsp3) is 0.364. The van der Waals surface area contributed by atoms with Crippen LogP contribution in [0, 0.1) is 5.41 Å². The summed E-state index contributed by atoms with van der Waals surface area (Å²) in [7, 11) is 0. The molecule has 0 spiro atoms. The number of carbonyl (C=O) groups excluding carboxylic acids is 3. The third kappa shape index (κ3) is 3.98. The lowest BCUT2D eigenvalue weighted by atomic mass is 9.68. The van der Waals surface area contributed by atoms with Crippen molar-refractivity contribution in [2.45, 2.75) is 39.3 Å². The van der Waals surface area contributed by atoms with Gasteiger partial charge in [0.2, 0.25) is 5.91 Å². The molecule has 1 aliphatic rings. The SMILES string of the molecule is CCOC(=O)[C@H]1N(C(=O)N[C@H](C)c2ccccc2)C(=O)[C@]1(C)Cc1ccc(N)nc1. The van der Waals surface area contributed by atoms with Crippen molar-refractivity contribution in [2.24, 2.45) is 5.41 Å². The van der Waals surface area contributed by atoms with Crippen LogP contribution >= 0.6 is 0 Å². The molecule has 8 heteroatoms. The monoisotopic (exact) mass is 410 g/mol. The van der Waals surface area contributed by atoms with Gasteiger partial charge in [-0.25, -0.2) is 19.5 Å². The van der Waals surface area contributed by atoms with E-state index in [0.29, 0.717) is 5.82 Å². The number of amides is 3. The average Bonchev–Trinajstić information content (AvgIpc) is 2.73. The van der Waals surface area contributed by atoms with Gasteiger partial charge in [0, 0.05) is 6.20 Å². The fourth-order valence-corrected chi connectivity index (χ4v) is 3.74. The summed E-state index contributed by atoms with van der Waals surface area (Å²) >= 11 is 0. The van der Waals surface area contributed by atoms with Crippen molar-refractivity contribution in [1.29, 1.82) is 0 Å². The second-order valence-corrected chi connectivity index (χ2v) is 7.60. The predicted octanol–water partition coefficient (Wildman–Crippen LogP) is 2.46. The molecule has 3 N–H and O–H groups in total. The molecular weight excluding hydrogens is 384 g/mol. The Morgan fingerprint density at radius 3 is 2.57 bits per heavy atom.